The smallest absolute Gasteiger partial charge is 0.338 e. The SMILES string of the molecule is CS(=O)(=O)c1ccc(C(CN2CCN(c3ccccc3)CC2)OC(=O)c2ccccc2)cc1. The summed E-state index contributed by atoms with van der Waals surface area (Å²) < 4.78 is 29.6. The Morgan fingerprint density at radius 2 is 1.42 bits per heavy atom. The van der Waals surface area contributed by atoms with E-state index >= 15 is 0 Å². The van der Waals surface area contributed by atoms with Gasteiger partial charge >= 0.3 is 5.97 Å². The van der Waals surface area contributed by atoms with E-state index in [9.17, 15) is 13.2 Å². The summed E-state index contributed by atoms with van der Waals surface area (Å²) in [5, 5.41) is 0. The first-order valence-electron chi connectivity index (χ1n) is 11.0. The number of esters is 1. The zero-order chi connectivity index (χ0) is 23.3. The van der Waals surface area contributed by atoms with Crippen LogP contribution >= 0.6 is 0 Å². The van der Waals surface area contributed by atoms with Crippen LogP contribution in [0.1, 0.15) is 22.0 Å². The van der Waals surface area contributed by atoms with Crippen LogP contribution in [0.5, 0.6) is 0 Å². The third-order valence-electron chi connectivity index (χ3n) is 5.86. The minimum atomic E-state index is -3.29. The molecule has 1 aliphatic heterocycles. The fraction of sp³-hybridized carbons (Fsp3) is 0.269. The van der Waals surface area contributed by atoms with E-state index in [-0.39, 0.29) is 4.90 Å². The van der Waals surface area contributed by atoms with E-state index in [0.717, 1.165) is 31.7 Å². The highest BCUT2D eigenvalue weighted by molar-refractivity contribution is 7.90. The standard InChI is InChI=1S/C26H28N2O4S/c1-33(30,31)24-14-12-21(13-15-24)25(32-26(29)22-8-4-2-5-9-22)20-27-16-18-28(19-17-27)23-10-6-3-7-11-23/h2-15,25H,16-20H2,1H3. The van der Waals surface area contributed by atoms with Crippen LogP contribution < -0.4 is 4.90 Å². The van der Waals surface area contributed by atoms with Crippen molar-refractivity contribution < 1.29 is 17.9 Å². The number of ether oxygens (including phenoxy) is 1. The Morgan fingerprint density at radius 1 is 0.848 bits per heavy atom. The van der Waals surface area contributed by atoms with Gasteiger partial charge in [0.1, 0.15) is 6.10 Å². The number of hydrogen-bond donors (Lipinski definition) is 0. The molecule has 0 N–H and O–H groups in total. The lowest BCUT2D eigenvalue weighted by atomic mass is 10.1. The lowest BCUT2D eigenvalue weighted by Crippen LogP contribution is -2.47. The molecule has 0 saturated carbocycles. The third kappa shape index (κ3) is 6.00. The molecule has 1 heterocycles. The molecule has 1 fully saturated rings. The highest BCUT2D eigenvalue weighted by Crippen LogP contribution is 2.24. The van der Waals surface area contributed by atoms with Gasteiger partial charge in [-0.2, -0.15) is 0 Å². The van der Waals surface area contributed by atoms with Crippen LogP contribution in [0.3, 0.4) is 0 Å². The van der Waals surface area contributed by atoms with E-state index < -0.39 is 21.9 Å². The molecule has 1 unspecified atom stereocenters. The molecule has 1 atom stereocenters. The minimum absolute atomic E-state index is 0.246. The van der Waals surface area contributed by atoms with Crippen LogP contribution in [-0.2, 0) is 14.6 Å². The molecule has 0 aliphatic carbocycles. The number of benzene rings is 3. The number of hydrogen-bond acceptors (Lipinski definition) is 6. The van der Waals surface area contributed by atoms with Gasteiger partial charge in [0.2, 0.25) is 0 Å². The van der Waals surface area contributed by atoms with Crippen LogP contribution in [0, 0.1) is 0 Å². The maximum atomic E-state index is 12.8. The Balaban J connectivity index is 1.48. The molecule has 6 nitrogen and oxygen atoms in total. The summed E-state index contributed by atoms with van der Waals surface area (Å²) in [6.07, 6.45) is 0.677. The van der Waals surface area contributed by atoms with Crippen molar-refractivity contribution in [3.05, 3.63) is 96.1 Å². The highest BCUT2D eigenvalue weighted by atomic mass is 32.2. The number of carbonyl (C=O) groups is 1. The average molecular weight is 465 g/mol. The monoisotopic (exact) mass is 464 g/mol. The van der Waals surface area contributed by atoms with Crippen molar-refractivity contribution >= 4 is 21.5 Å². The van der Waals surface area contributed by atoms with Crippen LogP contribution in [-0.4, -0.2) is 58.3 Å². The lowest BCUT2D eigenvalue weighted by Gasteiger charge is -2.37. The summed E-state index contributed by atoms with van der Waals surface area (Å²) in [6.45, 7) is 4.00. The van der Waals surface area contributed by atoms with Crippen molar-refractivity contribution in [1.29, 1.82) is 0 Å². The molecule has 0 amide bonds. The number of carbonyl (C=O) groups excluding carboxylic acids is 1. The van der Waals surface area contributed by atoms with Gasteiger partial charge in [0.15, 0.2) is 9.84 Å². The largest absolute Gasteiger partial charge is 0.453 e. The van der Waals surface area contributed by atoms with Crippen molar-refractivity contribution in [2.75, 3.05) is 43.9 Å². The van der Waals surface area contributed by atoms with E-state index in [1.165, 1.54) is 11.9 Å². The Hall–Kier alpha value is -3.16. The summed E-state index contributed by atoms with van der Waals surface area (Å²) in [6, 6.07) is 25.8. The second-order valence-corrected chi connectivity index (χ2v) is 10.2. The fourth-order valence-electron chi connectivity index (χ4n) is 3.97. The van der Waals surface area contributed by atoms with E-state index in [2.05, 4.69) is 21.9 Å². The van der Waals surface area contributed by atoms with E-state index in [1.54, 1.807) is 48.5 Å². The van der Waals surface area contributed by atoms with Gasteiger partial charge in [0.25, 0.3) is 0 Å². The maximum absolute atomic E-state index is 12.8. The topological polar surface area (TPSA) is 66.9 Å². The molecular weight excluding hydrogens is 436 g/mol. The Kier molecular flexibility index (Phi) is 7.11. The Morgan fingerprint density at radius 3 is 2.00 bits per heavy atom. The highest BCUT2D eigenvalue weighted by Gasteiger charge is 2.25. The quantitative estimate of drug-likeness (QED) is 0.496. The molecule has 3 aromatic carbocycles. The zero-order valence-electron chi connectivity index (χ0n) is 18.6. The number of para-hydroxylation sites is 1. The molecular formula is C26H28N2O4S. The van der Waals surface area contributed by atoms with Gasteiger partial charge in [-0.15, -0.1) is 0 Å². The van der Waals surface area contributed by atoms with E-state index in [4.69, 9.17) is 4.74 Å². The minimum Gasteiger partial charge on any atom is -0.453 e. The molecule has 172 valence electrons. The van der Waals surface area contributed by atoms with Gasteiger partial charge in [-0.3, -0.25) is 4.90 Å². The molecule has 3 aromatic rings. The van der Waals surface area contributed by atoms with Crippen molar-refractivity contribution in [3.8, 4) is 0 Å². The van der Waals surface area contributed by atoms with Gasteiger partial charge in [0, 0.05) is 44.7 Å². The second kappa shape index (κ2) is 10.2. The summed E-state index contributed by atoms with van der Waals surface area (Å²) in [4.78, 5) is 17.7. The van der Waals surface area contributed by atoms with Crippen LogP contribution in [0.15, 0.2) is 89.8 Å². The first kappa shape index (κ1) is 23.0. The predicted molar refractivity (Wildman–Crippen MR) is 129 cm³/mol. The summed E-state index contributed by atoms with van der Waals surface area (Å²) in [7, 11) is -3.29. The van der Waals surface area contributed by atoms with Crippen LogP contribution in [0.25, 0.3) is 0 Å². The summed E-state index contributed by atoms with van der Waals surface area (Å²) in [5.74, 6) is -0.393. The maximum Gasteiger partial charge on any atom is 0.338 e. The number of sulfone groups is 1. The average Bonchev–Trinajstić information content (AvgIpc) is 2.85. The van der Waals surface area contributed by atoms with E-state index in [0.29, 0.717) is 12.1 Å². The summed E-state index contributed by atoms with van der Waals surface area (Å²) >= 11 is 0. The van der Waals surface area contributed by atoms with Crippen molar-refractivity contribution in [1.82, 2.24) is 4.90 Å². The van der Waals surface area contributed by atoms with Gasteiger partial charge in [-0.05, 0) is 42.0 Å². The molecule has 33 heavy (non-hydrogen) atoms. The number of nitrogens with zero attached hydrogens (tertiary/aromatic N) is 2. The second-order valence-electron chi connectivity index (χ2n) is 8.22. The fourth-order valence-corrected chi connectivity index (χ4v) is 4.60. The van der Waals surface area contributed by atoms with Crippen molar-refractivity contribution in [3.63, 3.8) is 0 Å². The summed E-state index contributed by atoms with van der Waals surface area (Å²) in [5.41, 5.74) is 2.47. The number of piperazine rings is 1. The van der Waals surface area contributed by atoms with E-state index in [1.807, 2.05) is 24.3 Å². The van der Waals surface area contributed by atoms with Crippen LogP contribution in [0.2, 0.25) is 0 Å². The van der Waals surface area contributed by atoms with Gasteiger partial charge < -0.3 is 9.64 Å². The Labute approximate surface area is 195 Å². The molecule has 4 rings (SSSR count). The first-order valence-corrected chi connectivity index (χ1v) is 12.9. The van der Waals surface area contributed by atoms with Gasteiger partial charge in [-0.1, -0.05) is 48.5 Å². The third-order valence-corrected chi connectivity index (χ3v) is 6.98. The molecule has 7 heteroatoms. The van der Waals surface area contributed by atoms with Crippen molar-refractivity contribution in [2.24, 2.45) is 0 Å². The molecule has 0 spiro atoms. The Bertz CT molecular complexity index is 1160. The number of rotatable bonds is 7. The molecule has 0 radical (unpaired) electrons. The number of anilines is 1. The zero-order valence-corrected chi connectivity index (χ0v) is 19.4. The normalized spacial score (nSPS) is 15.7. The van der Waals surface area contributed by atoms with Gasteiger partial charge in [-0.25, -0.2) is 13.2 Å². The first-order chi connectivity index (χ1) is 15.9. The molecule has 0 aromatic heterocycles. The predicted octanol–water partition coefficient (Wildman–Crippen LogP) is 3.81. The lowest BCUT2D eigenvalue weighted by molar-refractivity contribution is 0.0190. The van der Waals surface area contributed by atoms with Gasteiger partial charge in [0.05, 0.1) is 10.5 Å². The van der Waals surface area contributed by atoms with Crippen molar-refractivity contribution in [2.45, 2.75) is 11.0 Å². The molecule has 1 saturated heterocycles. The van der Waals surface area contributed by atoms with Crippen LogP contribution in [0.4, 0.5) is 5.69 Å². The molecule has 1 aliphatic rings. The molecule has 0 bridgehead atoms.